The van der Waals surface area contributed by atoms with Crippen LogP contribution in [0.1, 0.15) is 28.0 Å². The quantitative estimate of drug-likeness (QED) is 0.736. The van der Waals surface area contributed by atoms with Gasteiger partial charge in [-0.25, -0.2) is 0 Å². The van der Waals surface area contributed by atoms with E-state index < -0.39 is 0 Å². The Morgan fingerprint density at radius 3 is 2.87 bits per heavy atom. The number of aromatic nitrogens is 1. The second kappa shape index (κ2) is 8.90. The molecule has 5 heteroatoms. The van der Waals surface area contributed by atoms with Crippen molar-refractivity contribution < 1.29 is 9.53 Å². The molecule has 1 aromatic carbocycles. The van der Waals surface area contributed by atoms with Gasteiger partial charge in [0.2, 0.25) is 0 Å². The molecule has 0 radical (unpaired) electrons. The summed E-state index contributed by atoms with van der Waals surface area (Å²) < 4.78 is 4.96. The van der Waals surface area contributed by atoms with Crippen LogP contribution in [-0.2, 0) is 11.3 Å². The maximum atomic E-state index is 12.0. The molecule has 5 nitrogen and oxygen atoms in total. The van der Waals surface area contributed by atoms with Crippen LogP contribution in [0, 0.1) is 6.92 Å². The molecule has 1 aromatic heterocycles. The van der Waals surface area contributed by atoms with E-state index in [9.17, 15) is 4.79 Å². The topological polar surface area (TPSA) is 63.2 Å². The molecule has 0 bridgehead atoms. The van der Waals surface area contributed by atoms with Gasteiger partial charge in [-0.1, -0.05) is 24.3 Å². The average molecular weight is 313 g/mol. The molecule has 23 heavy (non-hydrogen) atoms. The molecule has 2 aromatic rings. The molecule has 0 spiro atoms. The van der Waals surface area contributed by atoms with E-state index in [-0.39, 0.29) is 5.91 Å². The first-order chi connectivity index (χ1) is 11.2. The smallest absolute Gasteiger partial charge is 0.269 e. The second-order valence-corrected chi connectivity index (χ2v) is 5.31. The average Bonchev–Trinajstić information content (AvgIpc) is 2.58. The Balaban J connectivity index is 1.91. The summed E-state index contributed by atoms with van der Waals surface area (Å²) in [7, 11) is 1.65. The summed E-state index contributed by atoms with van der Waals surface area (Å²) in [4.78, 5) is 16.2. The maximum absolute atomic E-state index is 12.0. The van der Waals surface area contributed by atoms with Crippen LogP contribution in [-0.4, -0.2) is 31.2 Å². The highest BCUT2D eigenvalue weighted by molar-refractivity contribution is 5.93. The fourth-order valence-corrected chi connectivity index (χ4v) is 2.18. The Morgan fingerprint density at radius 1 is 1.26 bits per heavy atom. The largest absolute Gasteiger partial charge is 0.385 e. The number of pyridine rings is 1. The number of nitrogens with one attached hydrogen (secondary N) is 2. The zero-order valence-electron chi connectivity index (χ0n) is 13.6. The molecule has 0 saturated carbocycles. The first-order valence-corrected chi connectivity index (χ1v) is 7.72. The van der Waals surface area contributed by atoms with Crippen LogP contribution in [0.25, 0.3) is 0 Å². The van der Waals surface area contributed by atoms with Gasteiger partial charge in [0, 0.05) is 38.7 Å². The van der Waals surface area contributed by atoms with Crippen LogP contribution >= 0.6 is 0 Å². The SMILES string of the molecule is COCCCNC(=O)c1cc(NCc2ccccc2C)ccn1. The molecule has 0 aliphatic carbocycles. The first-order valence-electron chi connectivity index (χ1n) is 7.72. The number of aryl methyl sites for hydroxylation is 1. The lowest BCUT2D eigenvalue weighted by atomic mass is 10.1. The maximum Gasteiger partial charge on any atom is 0.269 e. The molecule has 0 saturated heterocycles. The number of hydrogen-bond acceptors (Lipinski definition) is 4. The van der Waals surface area contributed by atoms with Crippen molar-refractivity contribution >= 4 is 11.6 Å². The zero-order valence-corrected chi connectivity index (χ0v) is 13.6. The van der Waals surface area contributed by atoms with Crippen molar-refractivity contribution in [2.24, 2.45) is 0 Å². The van der Waals surface area contributed by atoms with Crippen molar-refractivity contribution in [2.45, 2.75) is 19.9 Å². The highest BCUT2D eigenvalue weighted by Crippen LogP contribution is 2.12. The first kappa shape index (κ1) is 17.0. The van der Waals surface area contributed by atoms with E-state index in [1.54, 1.807) is 19.4 Å². The number of amides is 1. The summed E-state index contributed by atoms with van der Waals surface area (Å²) in [6, 6.07) is 11.9. The summed E-state index contributed by atoms with van der Waals surface area (Å²) in [5.41, 5.74) is 3.77. The van der Waals surface area contributed by atoms with Crippen LogP contribution in [0.2, 0.25) is 0 Å². The Hall–Kier alpha value is -2.40. The number of hydrogen-bond donors (Lipinski definition) is 2. The lowest BCUT2D eigenvalue weighted by Gasteiger charge is -2.10. The van der Waals surface area contributed by atoms with E-state index in [1.807, 2.05) is 18.2 Å². The van der Waals surface area contributed by atoms with Gasteiger partial charge in [-0.05, 0) is 36.6 Å². The molecule has 1 amide bonds. The molecular formula is C18H23N3O2. The van der Waals surface area contributed by atoms with Gasteiger partial charge in [-0.2, -0.15) is 0 Å². The Kier molecular flexibility index (Phi) is 6.56. The van der Waals surface area contributed by atoms with Crippen LogP contribution in [0.5, 0.6) is 0 Å². The number of rotatable bonds is 8. The van der Waals surface area contributed by atoms with Gasteiger partial charge in [0.25, 0.3) is 5.91 Å². The third-order valence-corrected chi connectivity index (χ3v) is 3.55. The molecule has 122 valence electrons. The zero-order chi connectivity index (χ0) is 16.5. The fraction of sp³-hybridized carbons (Fsp3) is 0.333. The summed E-state index contributed by atoms with van der Waals surface area (Å²) in [6.45, 7) is 4.01. The summed E-state index contributed by atoms with van der Waals surface area (Å²) in [6.07, 6.45) is 2.43. The third-order valence-electron chi connectivity index (χ3n) is 3.55. The van der Waals surface area contributed by atoms with Gasteiger partial charge < -0.3 is 15.4 Å². The highest BCUT2D eigenvalue weighted by atomic mass is 16.5. The molecule has 0 fully saturated rings. The highest BCUT2D eigenvalue weighted by Gasteiger charge is 2.07. The van der Waals surface area contributed by atoms with Crippen molar-refractivity contribution in [1.29, 1.82) is 0 Å². The molecule has 0 aliphatic rings. The number of anilines is 1. The Morgan fingerprint density at radius 2 is 2.09 bits per heavy atom. The van der Waals surface area contributed by atoms with Crippen LogP contribution in [0.15, 0.2) is 42.6 Å². The van der Waals surface area contributed by atoms with Crippen molar-refractivity contribution in [1.82, 2.24) is 10.3 Å². The van der Waals surface area contributed by atoms with E-state index >= 15 is 0 Å². The summed E-state index contributed by atoms with van der Waals surface area (Å²) in [5, 5.41) is 6.17. The van der Waals surface area contributed by atoms with Crippen LogP contribution in [0.4, 0.5) is 5.69 Å². The Bertz CT molecular complexity index is 644. The predicted octanol–water partition coefficient (Wildman–Crippen LogP) is 2.77. The number of ether oxygens (including phenoxy) is 1. The Labute approximate surface area is 137 Å². The van der Waals surface area contributed by atoms with E-state index in [0.29, 0.717) is 25.4 Å². The third kappa shape index (κ3) is 5.38. The van der Waals surface area contributed by atoms with Crippen molar-refractivity contribution in [3.05, 3.63) is 59.4 Å². The lowest BCUT2D eigenvalue weighted by Crippen LogP contribution is -2.26. The monoisotopic (exact) mass is 313 g/mol. The molecule has 1 heterocycles. The standard InChI is InChI=1S/C18H23N3O2/c1-14-6-3-4-7-15(14)13-21-16-8-10-19-17(12-16)18(22)20-9-5-11-23-2/h3-4,6-8,10,12H,5,9,11,13H2,1-2H3,(H,19,21)(H,20,22). The van der Waals surface area contributed by atoms with E-state index in [4.69, 9.17) is 4.74 Å². The number of nitrogens with zero attached hydrogens (tertiary/aromatic N) is 1. The minimum absolute atomic E-state index is 0.166. The molecule has 0 unspecified atom stereocenters. The number of benzene rings is 1. The van der Waals surface area contributed by atoms with E-state index in [1.165, 1.54) is 11.1 Å². The van der Waals surface area contributed by atoms with Crippen molar-refractivity contribution in [2.75, 3.05) is 25.6 Å². The fourth-order valence-electron chi connectivity index (χ4n) is 2.18. The van der Waals surface area contributed by atoms with Crippen LogP contribution in [0.3, 0.4) is 0 Å². The van der Waals surface area contributed by atoms with Gasteiger partial charge in [0.1, 0.15) is 5.69 Å². The molecular weight excluding hydrogens is 290 g/mol. The van der Waals surface area contributed by atoms with E-state index in [0.717, 1.165) is 12.1 Å². The van der Waals surface area contributed by atoms with Crippen molar-refractivity contribution in [3.63, 3.8) is 0 Å². The van der Waals surface area contributed by atoms with Gasteiger partial charge in [-0.15, -0.1) is 0 Å². The molecule has 2 rings (SSSR count). The predicted molar refractivity (Wildman–Crippen MR) is 91.6 cm³/mol. The molecule has 0 aliphatic heterocycles. The number of carbonyl (C=O) groups excluding carboxylic acids is 1. The molecule has 2 N–H and O–H groups in total. The number of carbonyl (C=O) groups is 1. The van der Waals surface area contributed by atoms with Gasteiger partial charge in [-0.3, -0.25) is 9.78 Å². The van der Waals surface area contributed by atoms with Crippen molar-refractivity contribution in [3.8, 4) is 0 Å². The normalized spacial score (nSPS) is 10.3. The van der Waals surface area contributed by atoms with Gasteiger partial charge in [0.15, 0.2) is 0 Å². The number of methoxy groups -OCH3 is 1. The lowest BCUT2D eigenvalue weighted by molar-refractivity contribution is 0.0943. The minimum Gasteiger partial charge on any atom is -0.385 e. The second-order valence-electron chi connectivity index (χ2n) is 5.31. The molecule has 0 atom stereocenters. The van der Waals surface area contributed by atoms with Gasteiger partial charge in [0.05, 0.1) is 0 Å². The summed E-state index contributed by atoms with van der Waals surface area (Å²) >= 11 is 0. The van der Waals surface area contributed by atoms with Gasteiger partial charge >= 0.3 is 0 Å². The summed E-state index contributed by atoms with van der Waals surface area (Å²) in [5.74, 6) is -0.166. The van der Waals surface area contributed by atoms with E-state index in [2.05, 4.69) is 34.7 Å². The minimum atomic E-state index is -0.166. The van der Waals surface area contributed by atoms with Crippen LogP contribution < -0.4 is 10.6 Å².